The summed E-state index contributed by atoms with van der Waals surface area (Å²) < 4.78 is 1.04. The molecule has 0 fully saturated rings. The molecule has 0 N–H and O–H groups in total. The molecule has 0 saturated heterocycles. The van der Waals surface area contributed by atoms with E-state index in [-0.39, 0.29) is 0 Å². The first-order chi connectivity index (χ1) is 6.27. The Kier molecular flexibility index (Phi) is 3.90. The van der Waals surface area contributed by atoms with E-state index in [2.05, 4.69) is 34.4 Å². The van der Waals surface area contributed by atoms with E-state index < -0.39 is 0 Å². The lowest BCUT2D eigenvalue weighted by atomic mass is 10.2. The molecule has 0 spiro atoms. The van der Waals surface area contributed by atoms with E-state index in [4.69, 9.17) is 0 Å². The first kappa shape index (κ1) is 10.2. The van der Waals surface area contributed by atoms with Crippen LogP contribution >= 0.6 is 15.9 Å². The number of hydrogen-bond acceptors (Lipinski definition) is 1. The summed E-state index contributed by atoms with van der Waals surface area (Å²) in [6, 6.07) is 5.98. The minimum atomic E-state index is 0.948. The van der Waals surface area contributed by atoms with Crippen LogP contribution in [0.25, 0.3) is 6.08 Å². The molecule has 0 heterocycles. The van der Waals surface area contributed by atoms with Gasteiger partial charge < -0.3 is 0 Å². The third-order valence-electron chi connectivity index (χ3n) is 1.63. The maximum absolute atomic E-state index is 4.33. The maximum Gasteiger partial charge on any atom is 0.0709 e. The van der Waals surface area contributed by atoms with E-state index >= 15 is 0 Å². The van der Waals surface area contributed by atoms with Crippen LogP contribution in [0.1, 0.15) is 18.9 Å². The SMILES string of the molecule is C=Cc1ccc(Br)cc1N=CCC. The molecule has 0 aliphatic carbocycles. The van der Waals surface area contributed by atoms with Crippen LogP contribution < -0.4 is 0 Å². The molecule has 1 aromatic carbocycles. The second-order valence-electron chi connectivity index (χ2n) is 2.63. The summed E-state index contributed by atoms with van der Waals surface area (Å²) >= 11 is 3.41. The van der Waals surface area contributed by atoms with Crippen LogP contribution in [0.5, 0.6) is 0 Å². The lowest BCUT2D eigenvalue weighted by molar-refractivity contribution is 1.31. The zero-order valence-electron chi connectivity index (χ0n) is 7.63. The van der Waals surface area contributed by atoms with Crippen LogP contribution in [0.2, 0.25) is 0 Å². The summed E-state index contributed by atoms with van der Waals surface area (Å²) in [6.45, 7) is 5.80. The van der Waals surface area contributed by atoms with Crippen LogP contribution in [0, 0.1) is 0 Å². The molecule has 13 heavy (non-hydrogen) atoms. The molecular formula is C11H12BrN. The summed E-state index contributed by atoms with van der Waals surface area (Å²) in [6.07, 6.45) is 4.66. The van der Waals surface area contributed by atoms with Gasteiger partial charge in [0.1, 0.15) is 0 Å². The molecule has 68 valence electrons. The van der Waals surface area contributed by atoms with Gasteiger partial charge in [-0.2, -0.15) is 0 Å². The van der Waals surface area contributed by atoms with Crippen molar-refractivity contribution in [2.45, 2.75) is 13.3 Å². The Bertz CT molecular complexity index is 329. The quantitative estimate of drug-likeness (QED) is 0.699. The van der Waals surface area contributed by atoms with Crippen molar-refractivity contribution < 1.29 is 0 Å². The number of hydrogen-bond donors (Lipinski definition) is 0. The van der Waals surface area contributed by atoms with Gasteiger partial charge in [0.05, 0.1) is 5.69 Å². The normalized spacial score (nSPS) is 10.6. The zero-order valence-corrected chi connectivity index (χ0v) is 9.21. The Balaban J connectivity index is 3.08. The van der Waals surface area contributed by atoms with Crippen molar-refractivity contribution in [1.29, 1.82) is 0 Å². The van der Waals surface area contributed by atoms with Crippen molar-refractivity contribution in [3.63, 3.8) is 0 Å². The molecule has 0 amide bonds. The predicted octanol–water partition coefficient (Wildman–Crippen LogP) is 4.20. The van der Waals surface area contributed by atoms with E-state index in [0.717, 1.165) is 22.1 Å². The van der Waals surface area contributed by atoms with E-state index in [9.17, 15) is 0 Å². The van der Waals surface area contributed by atoms with Gasteiger partial charge in [-0.15, -0.1) is 0 Å². The van der Waals surface area contributed by atoms with E-state index in [1.165, 1.54) is 0 Å². The van der Waals surface area contributed by atoms with Crippen molar-refractivity contribution in [3.05, 3.63) is 34.8 Å². The molecule has 0 atom stereocenters. The van der Waals surface area contributed by atoms with Gasteiger partial charge in [0.15, 0.2) is 0 Å². The molecule has 0 aliphatic heterocycles. The second-order valence-corrected chi connectivity index (χ2v) is 3.54. The molecule has 0 radical (unpaired) electrons. The molecule has 0 saturated carbocycles. The summed E-state index contributed by atoms with van der Waals surface area (Å²) in [5.74, 6) is 0. The van der Waals surface area contributed by atoms with Crippen molar-refractivity contribution >= 4 is 33.9 Å². The van der Waals surface area contributed by atoms with Gasteiger partial charge in [0, 0.05) is 10.7 Å². The van der Waals surface area contributed by atoms with E-state index in [1.54, 1.807) is 0 Å². The average Bonchev–Trinajstić information content (AvgIpc) is 2.15. The fourth-order valence-corrected chi connectivity index (χ4v) is 1.34. The summed E-state index contributed by atoms with van der Waals surface area (Å²) in [5.41, 5.74) is 2.03. The molecule has 0 aliphatic rings. The molecule has 1 aromatic rings. The third-order valence-corrected chi connectivity index (χ3v) is 2.12. The predicted molar refractivity (Wildman–Crippen MR) is 62.7 cm³/mol. The molecule has 0 aromatic heterocycles. The van der Waals surface area contributed by atoms with Gasteiger partial charge >= 0.3 is 0 Å². The van der Waals surface area contributed by atoms with E-state index in [1.807, 2.05) is 30.5 Å². The number of benzene rings is 1. The number of rotatable bonds is 3. The molecule has 0 bridgehead atoms. The minimum absolute atomic E-state index is 0.948. The van der Waals surface area contributed by atoms with Gasteiger partial charge in [-0.05, 0) is 24.1 Å². The standard InChI is InChI=1S/C11H12BrN/c1-3-7-13-11-8-10(12)6-5-9(11)4-2/h4-8H,2-3H2,1H3. The summed E-state index contributed by atoms with van der Waals surface area (Å²) in [5, 5.41) is 0. The molecular weight excluding hydrogens is 226 g/mol. The number of aliphatic imine (C=N–C) groups is 1. The number of nitrogens with zero attached hydrogens (tertiary/aromatic N) is 1. The highest BCUT2D eigenvalue weighted by molar-refractivity contribution is 9.10. The van der Waals surface area contributed by atoms with E-state index in [0.29, 0.717) is 0 Å². The highest BCUT2D eigenvalue weighted by Crippen LogP contribution is 2.24. The summed E-state index contributed by atoms with van der Waals surface area (Å²) in [7, 11) is 0. The van der Waals surface area contributed by atoms with Gasteiger partial charge in [-0.1, -0.05) is 41.6 Å². The van der Waals surface area contributed by atoms with Gasteiger partial charge in [0.2, 0.25) is 0 Å². The van der Waals surface area contributed by atoms with Crippen molar-refractivity contribution in [3.8, 4) is 0 Å². The molecule has 0 unspecified atom stereocenters. The second kappa shape index (κ2) is 4.97. The molecule has 1 rings (SSSR count). The van der Waals surface area contributed by atoms with Crippen LogP contribution in [0.15, 0.2) is 34.2 Å². The first-order valence-electron chi connectivity index (χ1n) is 4.22. The Morgan fingerprint density at radius 2 is 2.31 bits per heavy atom. The smallest absolute Gasteiger partial charge is 0.0709 e. The topological polar surface area (TPSA) is 12.4 Å². The highest BCUT2D eigenvalue weighted by Gasteiger charge is 1.96. The van der Waals surface area contributed by atoms with Crippen molar-refractivity contribution in [2.75, 3.05) is 0 Å². The van der Waals surface area contributed by atoms with Crippen LogP contribution in [0.4, 0.5) is 5.69 Å². The Morgan fingerprint density at radius 3 is 2.92 bits per heavy atom. The molecule has 2 heteroatoms. The van der Waals surface area contributed by atoms with Crippen molar-refractivity contribution in [2.24, 2.45) is 4.99 Å². The zero-order chi connectivity index (χ0) is 9.68. The third kappa shape index (κ3) is 2.81. The van der Waals surface area contributed by atoms with Gasteiger partial charge in [-0.25, -0.2) is 0 Å². The van der Waals surface area contributed by atoms with Gasteiger partial charge in [0.25, 0.3) is 0 Å². The lowest BCUT2D eigenvalue weighted by Gasteiger charge is -2.00. The Labute approximate surface area is 87.3 Å². The molecule has 1 nitrogen and oxygen atoms in total. The van der Waals surface area contributed by atoms with Gasteiger partial charge in [-0.3, -0.25) is 4.99 Å². The Hall–Kier alpha value is -0.890. The van der Waals surface area contributed by atoms with Crippen LogP contribution in [0.3, 0.4) is 0 Å². The monoisotopic (exact) mass is 237 g/mol. The number of halogens is 1. The highest BCUT2D eigenvalue weighted by atomic mass is 79.9. The Morgan fingerprint density at radius 1 is 1.54 bits per heavy atom. The fraction of sp³-hybridized carbons (Fsp3) is 0.182. The maximum atomic E-state index is 4.33. The van der Waals surface area contributed by atoms with Crippen molar-refractivity contribution in [1.82, 2.24) is 0 Å². The lowest BCUT2D eigenvalue weighted by Crippen LogP contribution is -1.76. The average molecular weight is 238 g/mol. The van der Waals surface area contributed by atoms with Crippen LogP contribution in [-0.4, -0.2) is 6.21 Å². The largest absolute Gasteiger partial charge is 0.261 e. The van der Waals surface area contributed by atoms with Crippen LogP contribution in [-0.2, 0) is 0 Å². The first-order valence-corrected chi connectivity index (χ1v) is 5.01. The minimum Gasteiger partial charge on any atom is -0.261 e. The summed E-state index contributed by atoms with van der Waals surface area (Å²) in [4.78, 5) is 4.33. The fourth-order valence-electron chi connectivity index (χ4n) is 0.991.